The number of hydrogen-bond acceptors (Lipinski definition) is 3. The van der Waals surface area contributed by atoms with Gasteiger partial charge in [0.15, 0.2) is 0 Å². The molecule has 1 aromatic rings. The first-order chi connectivity index (χ1) is 8.99. The van der Waals surface area contributed by atoms with Crippen LogP contribution in [-0.4, -0.2) is 12.6 Å². The van der Waals surface area contributed by atoms with Gasteiger partial charge >= 0.3 is 5.97 Å². The Bertz CT molecular complexity index is 457. The van der Waals surface area contributed by atoms with Crippen molar-refractivity contribution < 1.29 is 14.3 Å². The minimum absolute atomic E-state index is 0.262. The molecular formula is C16H20O3. The molecular weight excluding hydrogens is 240 g/mol. The number of rotatable bonds is 7. The van der Waals surface area contributed by atoms with Gasteiger partial charge in [-0.25, -0.2) is 4.79 Å². The Balaban J connectivity index is 2.41. The molecule has 102 valence electrons. The summed E-state index contributed by atoms with van der Waals surface area (Å²) in [5.41, 5.74) is 3.43. The van der Waals surface area contributed by atoms with Gasteiger partial charge in [-0.15, -0.1) is 0 Å². The quantitative estimate of drug-likeness (QED) is 0.428. The lowest BCUT2D eigenvalue weighted by molar-refractivity contribution is -0.140. The maximum absolute atomic E-state index is 11.2. The van der Waals surface area contributed by atoms with Gasteiger partial charge in [-0.1, -0.05) is 43.0 Å². The molecule has 0 radical (unpaired) electrons. The zero-order chi connectivity index (χ0) is 14.3. The summed E-state index contributed by atoms with van der Waals surface area (Å²) in [5, 5.41) is 0. The molecule has 0 aromatic heterocycles. The highest BCUT2D eigenvalue weighted by Gasteiger charge is 2.03. The van der Waals surface area contributed by atoms with Crippen LogP contribution in [0.2, 0.25) is 0 Å². The van der Waals surface area contributed by atoms with Crippen molar-refractivity contribution in [3.63, 3.8) is 0 Å². The van der Waals surface area contributed by atoms with Crippen LogP contribution in [0.3, 0.4) is 0 Å². The molecule has 1 aromatic carbocycles. The van der Waals surface area contributed by atoms with E-state index in [0.717, 1.165) is 16.7 Å². The van der Waals surface area contributed by atoms with E-state index in [1.165, 1.54) is 0 Å². The summed E-state index contributed by atoms with van der Waals surface area (Å²) >= 11 is 0. The van der Waals surface area contributed by atoms with Crippen molar-refractivity contribution in [1.82, 2.24) is 0 Å². The van der Waals surface area contributed by atoms with E-state index in [2.05, 4.69) is 13.2 Å². The third kappa shape index (κ3) is 6.02. The van der Waals surface area contributed by atoms with Gasteiger partial charge in [0.05, 0.1) is 13.2 Å². The number of carbonyl (C=O) groups is 1. The van der Waals surface area contributed by atoms with Crippen molar-refractivity contribution in [2.45, 2.75) is 27.1 Å². The molecule has 0 fully saturated rings. The van der Waals surface area contributed by atoms with Gasteiger partial charge in [-0.2, -0.15) is 0 Å². The van der Waals surface area contributed by atoms with Crippen molar-refractivity contribution in [1.29, 1.82) is 0 Å². The maximum Gasteiger partial charge on any atom is 0.333 e. The number of carbonyl (C=O) groups excluding carboxylic acids is 1. The van der Waals surface area contributed by atoms with Gasteiger partial charge < -0.3 is 9.47 Å². The lowest BCUT2D eigenvalue weighted by Crippen LogP contribution is -2.04. The molecule has 0 saturated carbocycles. The standard InChI is InChI=1S/C16H20O3/c1-12(2)9-18-10-14-5-7-15(8-6-14)11-19-16(17)13(3)4/h5-8H,1,3,9-11H2,2,4H3. The zero-order valence-corrected chi connectivity index (χ0v) is 11.6. The molecule has 0 unspecified atom stereocenters. The Kier molecular flexibility index (Phi) is 6.03. The molecule has 1 rings (SSSR count). The van der Waals surface area contributed by atoms with Crippen LogP contribution in [0.4, 0.5) is 0 Å². The number of benzene rings is 1. The van der Waals surface area contributed by atoms with Crippen molar-refractivity contribution in [2.24, 2.45) is 0 Å². The molecule has 0 saturated heterocycles. The van der Waals surface area contributed by atoms with Crippen molar-refractivity contribution >= 4 is 5.97 Å². The molecule has 19 heavy (non-hydrogen) atoms. The third-order valence-corrected chi connectivity index (χ3v) is 2.36. The Morgan fingerprint density at radius 2 is 1.58 bits per heavy atom. The summed E-state index contributed by atoms with van der Waals surface area (Å²) in [7, 11) is 0. The van der Waals surface area contributed by atoms with Crippen molar-refractivity contribution in [3.8, 4) is 0 Å². The van der Waals surface area contributed by atoms with Crippen LogP contribution >= 0.6 is 0 Å². The van der Waals surface area contributed by atoms with Crippen LogP contribution in [0.1, 0.15) is 25.0 Å². The zero-order valence-electron chi connectivity index (χ0n) is 11.6. The predicted molar refractivity (Wildman–Crippen MR) is 75.5 cm³/mol. The van der Waals surface area contributed by atoms with Crippen molar-refractivity contribution in [2.75, 3.05) is 6.61 Å². The fourth-order valence-corrected chi connectivity index (χ4v) is 1.35. The first-order valence-corrected chi connectivity index (χ1v) is 6.11. The Labute approximate surface area is 114 Å². The first kappa shape index (κ1) is 15.2. The van der Waals surface area contributed by atoms with E-state index in [1.54, 1.807) is 6.92 Å². The second-order valence-corrected chi connectivity index (χ2v) is 4.62. The van der Waals surface area contributed by atoms with E-state index >= 15 is 0 Å². The van der Waals surface area contributed by atoms with Crippen LogP contribution in [-0.2, 0) is 27.5 Å². The summed E-state index contributed by atoms with van der Waals surface area (Å²) < 4.78 is 10.5. The summed E-state index contributed by atoms with van der Waals surface area (Å²) in [6.45, 7) is 12.2. The second kappa shape index (κ2) is 7.54. The van der Waals surface area contributed by atoms with Crippen LogP contribution in [0.15, 0.2) is 48.6 Å². The van der Waals surface area contributed by atoms with Crippen LogP contribution < -0.4 is 0 Å². The monoisotopic (exact) mass is 260 g/mol. The molecule has 0 heterocycles. The normalized spacial score (nSPS) is 10.0. The van der Waals surface area contributed by atoms with E-state index < -0.39 is 0 Å². The second-order valence-electron chi connectivity index (χ2n) is 4.62. The van der Waals surface area contributed by atoms with Crippen LogP contribution in [0, 0.1) is 0 Å². The number of hydrogen-bond donors (Lipinski definition) is 0. The summed E-state index contributed by atoms with van der Waals surface area (Å²) in [4.78, 5) is 11.2. The molecule has 0 aliphatic rings. The molecule has 0 bridgehead atoms. The Hall–Kier alpha value is -1.87. The van der Waals surface area contributed by atoms with Gasteiger partial charge in [0.2, 0.25) is 0 Å². The molecule has 0 atom stereocenters. The topological polar surface area (TPSA) is 35.5 Å². The largest absolute Gasteiger partial charge is 0.457 e. The smallest absolute Gasteiger partial charge is 0.333 e. The van der Waals surface area contributed by atoms with Gasteiger partial charge in [0.1, 0.15) is 6.61 Å². The van der Waals surface area contributed by atoms with E-state index in [9.17, 15) is 4.79 Å². The highest BCUT2D eigenvalue weighted by atomic mass is 16.5. The Morgan fingerprint density at radius 3 is 2.05 bits per heavy atom. The van der Waals surface area contributed by atoms with Gasteiger partial charge in [0, 0.05) is 5.57 Å². The number of esters is 1. The van der Waals surface area contributed by atoms with E-state index in [0.29, 0.717) is 18.8 Å². The van der Waals surface area contributed by atoms with Gasteiger partial charge in [-0.05, 0) is 25.0 Å². The lowest BCUT2D eigenvalue weighted by Gasteiger charge is -2.07. The molecule has 3 heteroatoms. The molecule has 0 amide bonds. The average Bonchev–Trinajstić information content (AvgIpc) is 2.37. The van der Waals surface area contributed by atoms with Crippen LogP contribution in [0.25, 0.3) is 0 Å². The number of ether oxygens (including phenoxy) is 2. The van der Waals surface area contributed by atoms with E-state index in [4.69, 9.17) is 9.47 Å². The van der Waals surface area contributed by atoms with Crippen molar-refractivity contribution in [3.05, 3.63) is 59.7 Å². The fourth-order valence-electron chi connectivity index (χ4n) is 1.35. The van der Waals surface area contributed by atoms with Crippen LogP contribution in [0.5, 0.6) is 0 Å². The predicted octanol–water partition coefficient (Wildman–Crippen LogP) is 3.40. The molecule has 0 spiro atoms. The molecule has 0 aliphatic heterocycles. The highest BCUT2D eigenvalue weighted by molar-refractivity contribution is 5.86. The maximum atomic E-state index is 11.2. The van der Waals surface area contributed by atoms with E-state index in [-0.39, 0.29) is 12.6 Å². The van der Waals surface area contributed by atoms with Gasteiger partial charge in [-0.3, -0.25) is 0 Å². The molecule has 0 aliphatic carbocycles. The van der Waals surface area contributed by atoms with E-state index in [1.807, 2.05) is 31.2 Å². The minimum Gasteiger partial charge on any atom is -0.457 e. The SMILES string of the molecule is C=C(C)COCc1ccc(COC(=O)C(=C)C)cc1. The highest BCUT2D eigenvalue weighted by Crippen LogP contribution is 2.08. The fraction of sp³-hybridized carbons (Fsp3) is 0.312. The minimum atomic E-state index is -0.367. The summed E-state index contributed by atoms with van der Waals surface area (Å²) in [6, 6.07) is 7.76. The lowest BCUT2D eigenvalue weighted by atomic mass is 10.1. The summed E-state index contributed by atoms with van der Waals surface area (Å²) in [5.74, 6) is -0.367. The Morgan fingerprint density at radius 1 is 1.05 bits per heavy atom. The van der Waals surface area contributed by atoms with Gasteiger partial charge in [0.25, 0.3) is 0 Å². The molecule has 0 N–H and O–H groups in total. The third-order valence-electron chi connectivity index (χ3n) is 2.36. The first-order valence-electron chi connectivity index (χ1n) is 6.11. The molecule has 3 nitrogen and oxygen atoms in total. The summed E-state index contributed by atoms with van der Waals surface area (Å²) in [6.07, 6.45) is 0. The average molecular weight is 260 g/mol.